The Morgan fingerprint density at radius 2 is 2.24 bits per heavy atom. The Morgan fingerprint density at radius 3 is 2.88 bits per heavy atom. The normalized spacial score (nSPS) is 12.6. The van der Waals surface area contributed by atoms with Crippen molar-refractivity contribution < 1.29 is 5.11 Å². The number of nitrogens with zero attached hydrogens (tertiary/aromatic N) is 2. The number of hydrogen-bond donors (Lipinski definition) is 1. The van der Waals surface area contributed by atoms with Crippen molar-refractivity contribution in [2.24, 2.45) is 7.05 Å². The van der Waals surface area contributed by atoms with Crippen LogP contribution in [0, 0.1) is 6.92 Å². The summed E-state index contributed by atoms with van der Waals surface area (Å²) < 4.78 is 1.70. The summed E-state index contributed by atoms with van der Waals surface area (Å²) >= 11 is 1.65. The Labute approximate surface area is 105 Å². The summed E-state index contributed by atoms with van der Waals surface area (Å²) in [6.45, 7) is 2.07. The molecule has 1 atom stereocenters. The van der Waals surface area contributed by atoms with E-state index >= 15 is 0 Å². The highest BCUT2D eigenvalue weighted by Crippen LogP contribution is 2.24. The van der Waals surface area contributed by atoms with Crippen molar-refractivity contribution in [3.8, 4) is 0 Å². The zero-order valence-electron chi connectivity index (χ0n) is 10.00. The average Bonchev–Trinajstić information content (AvgIpc) is 2.73. The van der Waals surface area contributed by atoms with Crippen LogP contribution in [0.3, 0.4) is 0 Å². The summed E-state index contributed by atoms with van der Waals surface area (Å²) in [4.78, 5) is 1.18. The summed E-state index contributed by atoms with van der Waals surface area (Å²) in [5.41, 5.74) is 1.97. The summed E-state index contributed by atoms with van der Waals surface area (Å²) in [6, 6.07) is 10.1. The zero-order valence-corrected chi connectivity index (χ0v) is 10.8. The van der Waals surface area contributed by atoms with Crippen molar-refractivity contribution >= 4 is 11.8 Å². The number of thioether (sulfide) groups is 1. The standard InChI is InChI=1S/C13H16N2OS/c1-10-4-3-5-11(8-10)17-9-13(16)12-6-7-15(2)14-12/h3-8,13,16H,9H2,1-2H3. The van der Waals surface area contributed by atoms with Gasteiger partial charge in [0.25, 0.3) is 0 Å². The molecule has 0 fully saturated rings. The van der Waals surface area contributed by atoms with Crippen LogP contribution in [-0.2, 0) is 7.05 Å². The molecule has 90 valence electrons. The van der Waals surface area contributed by atoms with Gasteiger partial charge in [0.2, 0.25) is 0 Å². The Kier molecular flexibility index (Phi) is 3.86. The average molecular weight is 248 g/mol. The molecule has 1 unspecified atom stereocenters. The van der Waals surface area contributed by atoms with Crippen molar-refractivity contribution in [3.63, 3.8) is 0 Å². The van der Waals surface area contributed by atoms with Gasteiger partial charge in [-0.3, -0.25) is 4.68 Å². The maximum Gasteiger partial charge on any atom is 0.107 e. The van der Waals surface area contributed by atoms with E-state index in [0.29, 0.717) is 5.75 Å². The molecule has 17 heavy (non-hydrogen) atoms. The molecule has 0 amide bonds. The SMILES string of the molecule is Cc1cccc(SCC(O)c2ccn(C)n2)c1. The number of aliphatic hydroxyl groups excluding tert-OH is 1. The Hall–Kier alpha value is -1.26. The van der Waals surface area contributed by atoms with Crippen LogP contribution in [0.15, 0.2) is 41.4 Å². The van der Waals surface area contributed by atoms with E-state index < -0.39 is 6.10 Å². The van der Waals surface area contributed by atoms with Crippen molar-refractivity contribution in [1.82, 2.24) is 9.78 Å². The molecule has 1 N–H and O–H groups in total. The van der Waals surface area contributed by atoms with Crippen LogP contribution in [0.2, 0.25) is 0 Å². The van der Waals surface area contributed by atoms with Crippen LogP contribution in [0.25, 0.3) is 0 Å². The van der Waals surface area contributed by atoms with E-state index in [9.17, 15) is 5.11 Å². The molecule has 0 aliphatic heterocycles. The van der Waals surface area contributed by atoms with Gasteiger partial charge in [-0.2, -0.15) is 5.10 Å². The van der Waals surface area contributed by atoms with Crippen molar-refractivity contribution in [1.29, 1.82) is 0 Å². The van der Waals surface area contributed by atoms with Gasteiger partial charge in [0, 0.05) is 23.9 Å². The van der Waals surface area contributed by atoms with E-state index in [1.807, 2.05) is 25.4 Å². The number of benzene rings is 1. The van der Waals surface area contributed by atoms with E-state index in [4.69, 9.17) is 0 Å². The summed E-state index contributed by atoms with van der Waals surface area (Å²) in [7, 11) is 1.85. The van der Waals surface area contributed by atoms with Gasteiger partial charge in [0.1, 0.15) is 6.10 Å². The molecule has 2 aromatic rings. The Bertz CT molecular complexity index is 496. The first kappa shape index (κ1) is 12.2. The van der Waals surface area contributed by atoms with Gasteiger partial charge in [-0.15, -0.1) is 11.8 Å². The molecule has 2 rings (SSSR count). The summed E-state index contributed by atoms with van der Waals surface area (Å²) in [6.07, 6.45) is 1.33. The van der Waals surface area contributed by atoms with Crippen LogP contribution in [0.5, 0.6) is 0 Å². The molecular formula is C13H16N2OS. The molecule has 1 heterocycles. The number of aromatic nitrogens is 2. The summed E-state index contributed by atoms with van der Waals surface area (Å²) in [5.74, 6) is 0.625. The fraction of sp³-hybridized carbons (Fsp3) is 0.308. The van der Waals surface area contributed by atoms with Crippen LogP contribution in [-0.4, -0.2) is 20.6 Å². The topological polar surface area (TPSA) is 38.0 Å². The van der Waals surface area contributed by atoms with E-state index in [-0.39, 0.29) is 0 Å². The molecule has 4 heteroatoms. The molecule has 0 aliphatic rings. The van der Waals surface area contributed by atoms with Gasteiger partial charge >= 0.3 is 0 Å². The van der Waals surface area contributed by atoms with E-state index in [1.54, 1.807) is 16.4 Å². The van der Waals surface area contributed by atoms with Gasteiger partial charge < -0.3 is 5.11 Å². The second kappa shape index (κ2) is 5.38. The molecular weight excluding hydrogens is 232 g/mol. The molecule has 0 saturated heterocycles. The van der Waals surface area contributed by atoms with E-state index in [2.05, 4.69) is 30.2 Å². The maximum atomic E-state index is 9.97. The minimum absolute atomic E-state index is 0.512. The molecule has 1 aromatic carbocycles. The highest BCUT2D eigenvalue weighted by atomic mass is 32.2. The lowest BCUT2D eigenvalue weighted by Gasteiger charge is -2.07. The Balaban J connectivity index is 1.94. The molecule has 0 bridgehead atoms. The predicted molar refractivity (Wildman–Crippen MR) is 70.1 cm³/mol. The van der Waals surface area contributed by atoms with Gasteiger partial charge in [-0.05, 0) is 25.1 Å². The molecule has 0 spiro atoms. The molecule has 0 aliphatic carbocycles. The maximum absolute atomic E-state index is 9.97. The first-order valence-corrected chi connectivity index (χ1v) is 6.51. The van der Waals surface area contributed by atoms with Gasteiger partial charge in [0.15, 0.2) is 0 Å². The highest BCUT2D eigenvalue weighted by Gasteiger charge is 2.10. The number of aliphatic hydroxyl groups is 1. The quantitative estimate of drug-likeness (QED) is 0.845. The first-order chi connectivity index (χ1) is 8.15. The third-order valence-electron chi connectivity index (χ3n) is 2.47. The van der Waals surface area contributed by atoms with Crippen molar-refractivity contribution in [2.45, 2.75) is 17.9 Å². The second-order valence-electron chi connectivity index (χ2n) is 4.06. The lowest BCUT2D eigenvalue weighted by atomic mass is 10.2. The third kappa shape index (κ3) is 3.35. The minimum Gasteiger partial charge on any atom is -0.386 e. The largest absolute Gasteiger partial charge is 0.386 e. The van der Waals surface area contributed by atoms with E-state index in [1.165, 1.54) is 10.5 Å². The van der Waals surface area contributed by atoms with E-state index in [0.717, 1.165) is 5.69 Å². The Morgan fingerprint density at radius 1 is 1.41 bits per heavy atom. The molecule has 0 saturated carbocycles. The zero-order chi connectivity index (χ0) is 12.3. The second-order valence-corrected chi connectivity index (χ2v) is 5.15. The first-order valence-electron chi connectivity index (χ1n) is 5.52. The van der Waals surface area contributed by atoms with Gasteiger partial charge in [-0.25, -0.2) is 0 Å². The van der Waals surface area contributed by atoms with Gasteiger partial charge in [-0.1, -0.05) is 17.7 Å². The van der Waals surface area contributed by atoms with Crippen LogP contribution in [0.4, 0.5) is 0 Å². The molecule has 0 radical (unpaired) electrons. The number of rotatable bonds is 4. The smallest absolute Gasteiger partial charge is 0.107 e. The third-order valence-corrected chi connectivity index (χ3v) is 3.54. The fourth-order valence-electron chi connectivity index (χ4n) is 1.58. The number of hydrogen-bond acceptors (Lipinski definition) is 3. The van der Waals surface area contributed by atoms with Crippen LogP contribution < -0.4 is 0 Å². The lowest BCUT2D eigenvalue weighted by Crippen LogP contribution is -2.02. The predicted octanol–water partition coefficient (Wildman–Crippen LogP) is 2.55. The monoisotopic (exact) mass is 248 g/mol. The van der Waals surface area contributed by atoms with Crippen LogP contribution in [0.1, 0.15) is 17.4 Å². The summed E-state index contributed by atoms with van der Waals surface area (Å²) in [5, 5.41) is 14.2. The minimum atomic E-state index is -0.512. The van der Waals surface area contributed by atoms with Crippen LogP contribution >= 0.6 is 11.8 Å². The lowest BCUT2D eigenvalue weighted by molar-refractivity contribution is 0.198. The molecule has 3 nitrogen and oxygen atoms in total. The molecule has 1 aromatic heterocycles. The number of aryl methyl sites for hydroxylation is 2. The van der Waals surface area contributed by atoms with Gasteiger partial charge in [0.05, 0.1) is 5.69 Å². The fourth-order valence-corrected chi connectivity index (χ4v) is 2.54. The van der Waals surface area contributed by atoms with Crippen molar-refractivity contribution in [3.05, 3.63) is 47.8 Å². The van der Waals surface area contributed by atoms with Crippen molar-refractivity contribution in [2.75, 3.05) is 5.75 Å². The highest BCUT2D eigenvalue weighted by molar-refractivity contribution is 7.99.